The number of hydrogen-bond donors (Lipinski definition) is 1. The molecule has 2 aromatic heterocycles. The molecule has 148 valence electrons. The van der Waals surface area contributed by atoms with Gasteiger partial charge in [0.1, 0.15) is 10.7 Å². The number of pyridine rings is 1. The Morgan fingerprint density at radius 2 is 1.89 bits per heavy atom. The van der Waals surface area contributed by atoms with Crippen LogP contribution in [0.25, 0.3) is 11.0 Å². The van der Waals surface area contributed by atoms with Crippen LogP contribution in [0.1, 0.15) is 26.8 Å². The number of fused-ring (bicyclic) bond motifs is 1. The van der Waals surface area contributed by atoms with Gasteiger partial charge in [0, 0.05) is 17.6 Å². The van der Waals surface area contributed by atoms with Crippen molar-refractivity contribution in [3.63, 3.8) is 0 Å². The van der Waals surface area contributed by atoms with E-state index >= 15 is 0 Å². The van der Waals surface area contributed by atoms with Crippen LogP contribution >= 0.6 is 23.2 Å². The van der Waals surface area contributed by atoms with Crippen molar-refractivity contribution in [1.29, 1.82) is 0 Å². The average Bonchev–Trinajstić information content (AvgIpc) is 2.64. The van der Waals surface area contributed by atoms with Gasteiger partial charge in [0.2, 0.25) is 5.95 Å². The van der Waals surface area contributed by atoms with Gasteiger partial charge in [0.25, 0.3) is 5.56 Å². The molecular weight excluding hydrogens is 423 g/mol. The molecule has 0 amide bonds. The van der Waals surface area contributed by atoms with Crippen molar-refractivity contribution in [2.24, 2.45) is 0 Å². The van der Waals surface area contributed by atoms with Gasteiger partial charge < -0.3 is 5.32 Å². The number of hydrogen-bond acceptors (Lipinski definition) is 6. The molecule has 3 rings (SSSR count). The molecule has 3 aromatic rings. The normalized spacial score (nSPS) is 11.9. The van der Waals surface area contributed by atoms with Crippen molar-refractivity contribution in [3.8, 4) is 0 Å². The van der Waals surface area contributed by atoms with Gasteiger partial charge in [0.05, 0.1) is 21.4 Å². The summed E-state index contributed by atoms with van der Waals surface area (Å²) in [5.41, 5.74) is 0.549. The third-order valence-corrected chi connectivity index (χ3v) is 6.49. The smallest absolute Gasteiger partial charge is 0.271 e. The van der Waals surface area contributed by atoms with Crippen LogP contribution in [0, 0.1) is 0 Å². The number of sulfone groups is 1. The molecule has 2 heterocycles. The fourth-order valence-electron chi connectivity index (χ4n) is 2.70. The lowest BCUT2D eigenvalue weighted by Crippen LogP contribution is -2.23. The van der Waals surface area contributed by atoms with E-state index in [9.17, 15) is 13.2 Å². The third kappa shape index (κ3) is 3.85. The van der Waals surface area contributed by atoms with Gasteiger partial charge in [-0.2, -0.15) is 4.98 Å². The lowest BCUT2D eigenvalue weighted by atomic mass is 10.3. The topological polar surface area (TPSA) is 94.0 Å². The summed E-state index contributed by atoms with van der Waals surface area (Å²) in [4.78, 5) is 21.2. The maximum Gasteiger partial charge on any atom is 0.271 e. The van der Waals surface area contributed by atoms with Crippen LogP contribution in [0.5, 0.6) is 0 Å². The molecule has 0 saturated carbocycles. The zero-order valence-corrected chi connectivity index (χ0v) is 17.7. The van der Waals surface area contributed by atoms with Crippen molar-refractivity contribution >= 4 is 55.7 Å². The monoisotopic (exact) mass is 440 g/mol. The van der Waals surface area contributed by atoms with Gasteiger partial charge in [-0.25, -0.2) is 13.4 Å². The van der Waals surface area contributed by atoms with Gasteiger partial charge in [-0.3, -0.25) is 9.36 Å². The maximum atomic E-state index is 12.4. The molecule has 0 spiro atoms. The number of aromatic nitrogens is 3. The van der Waals surface area contributed by atoms with Gasteiger partial charge in [-0.1, -0.05) is 30.1 Å². The Labute approximate surface area is 172 Å². The van der Waals surface area contributed by atoms with E-state index in [4.69, 9.17) is 23.2 Å². The predicted molar refractivity (Wildman–Crippen MR) is 112 cm³/mol. The Morgan fingerprint density at radius 1 is 1.18 bits per heavy atom. The van der Waals surface area contributed by atoms with E-state index in [0.717, 1.165) is 0 Å². The molecule has 1 aromatic carbocycles. The van der Waals surface area contributed by atoms with Crippen molar-refractivity contribution in [2.75, 3.05) is 11.1 Å². The number of nitrogens with one attached hydrogen (secondary N) is 1. The second kappa shape index (κ2) is 7.69. The van der Waals surface area contributed by atoms with Crippen LogP contribution in [0.15, 0.2) is 40.2 Å². The molecule has 1 N–H and O–H groups in total. The Balaban J connectivity index is 2.05. The van der Waals surface area contributed by atoms with E-state index in [-0.39, 0.29) is 38.2 Å². The molecule has 0 unspecified atom stereocenters. The van der Waals surface area contributed by atoms with Crippen LogP contribution in [0.4, 0.5) is 11.6 Å². The number of benzene rings is 1. The number of anilines is 2. The fraction of sp³-hybridized carbons (Fsp3) is 0.278. The standard InChI is InChI=1S/C18H18Cl2N4O3S/c1-4-28(26,27)12-5-6-15(13(19)8-12)22-18-21-9-11-7-14(20)17(25)24(10(2)3)16(11)23-18/h5-10H,4H2,1-3H3,(H,21,22,23). The van der Waals surface area contributed by atoms with Crippen molar-refractivity contribution in [1.82, 2.24) is 14.5 Å². The van der Waals surface area contributed by atoms with Crippen molar-refractivity contribution in [3.05, 3.63) is 50.9 Å². The zero-order valence-electron chi connectivity index (χ0n) is 15.4. The second-order valence-electron chi connectivity index (χ2n) is 6.40. The molecule has 0 radical (unpaired) electrons. The highest BCUT2D eigenvalue weighted by Crippen LogP contribution is 2.28. The third-order valence-electron chi connectivity index (χ3n) is 4.17. The van der Waals surface area contributed by atoms with E-state index in [2.05, 4.69) is 15.3 Å². The van der Waals surface area contributed by atoms with E-state index in [1.807, 2.05) is 13.8 Å². The molecule has 0 aliphatic carbocycles. The molecule has 0 aliphatic rings. The first kappa shape index (κ1) is 20.6. The Kier molecular flexibility index (Phi) is 5.65. The summed E-state index contributed by atoms with van der Waals surface area (Å²) in [5.74, 6) is 0.204. The molecule has 0 atom stereocenters. The number of halogens is 2. The molecule has 0 saturated heterocycles. The van der Waals surface area contributed by atoms with Gasteiger partial charge in [-0.05, 0) is 38.1 Å². The summed E-state index contributed by atoms with van der Waals surface area (Å²) < 4.78 is 25.5. The van der Waals surface area contributed by atoms with E-state index in [0.29, 0.717) is 16.7 Å². The Bertz CT molecular complexity index is 1220. The van der Waals surface area contributed by atoms with E-state index < -0.39 is 9.84 Å². The van der Waals surface area contributed by atoms with Crippen molar-refractivity contribution in [2.45, 2.75) is 31.7 Å². The van der Waals surface area contributed by atoms with Crippen LogP contribution < -0.4 is 10.9 Å². The molecule has 0 bridgehead atoms. The Hall–Kier alpha value is -2.16. The summed E-state index contributed by atoms with van der Waals surface area (Å²) >= 11 is 12.3. The first-order valence-corrected chi connectivity index (χ1v) is 10.9. The summed E-state index contributed by atoms with van der Waals surface area (Å²) in [6, 6.07) is 5.78. The summed E-state index contributed by atoms with van der Waals surface area (Å²) in [6.07, 6.45) is 1.55. The predicted octanol–water partition coefficient (Wildman–Crippen LogP) is 4.22. The minimum atomic E-state index is -3.36. The quantitative estimate of drug-likeness (QED) is 0.637. The van der Waals surface area contributed by atoms with Gasteiger partial charge in [-0.15, -0.1) is 0 Å². The molecule has 0 aliphatic heterocycles. The summed E-state index contributed by atoms with van der Waals surface area (Å²) in [6.45, 7) is 5.28. The maximum absolute atomic E-state index is 12.4. The lowest BCUT2D eigenvalue weighted by molar-refractivity contribution is 0.595. The van der Waals surface area contributed by atoms with Crippen molar-refractivity contribution < 1.29 is 8.42 Å². The first-order valence-electron chi connectivity index (χ1n) is 8.51. The zero-order chi connectivity index (χ0) is 20.6. The summed E-state index contributed by atoms with van der Waals surface area (Å²) in [7, 11) is -3.36. The largest absolute Gasteiger partial charge is 0.323 e. The molecule has 10 heteroatoms. The molecule has 7 nitrogen and oxygen atoms in total. The van der Waals surface area contributed by atoms with Crippen LogP contribution in [-0.4, -0.2) is 28.7 Å². The highest BCUT2D eigenvalue weighted by atomic mass is 35.5. The molecule has 28 heavy (non-hydrogen) atoms. The van der Waals surface area contributed by atoms with Crippen LogP contribution in [0.2, 0.25) is 10.0 Å². The minimum Gasteiger partial charge on any atom is -0.323 e. The fourth-order valence-corrected chi connectivity index (χ4v) is 4.11. The van der Waals surface area contributed by atoms with E-state index in [1.165, 1.54) is 22.8 Å². The number of rotatable bonds is 5. The average molecular weight is 441 g/mol. The highest BCUT2D eigenvalue weighted by molar-refractivity contribution is 7.91. The minimum absolute atomic E-state index is 0.0147. The van der Waals surface area contributed by atoms with Crippen LogP contribution in [0.3, 0.4) is 0 Å². The lowest BCUT2D eigenvalue weighted by Gasteiger charge is -2.15. The molecule has 0 fully saturated rings. The Morgan fingerprint density at radius 3 is 2.50 bits per heavy atom. The number of nitrogens with zero attached hydrogens (tertiary/aromatic N) is 3. The van der Waals surface area contributed by atoms with Gasteiger partial charge in [0.15, 0.2) is 9.84 Å². The van der Waals surface area contributed by atoms with Gasteiger partial charge >= 0.3 is 0 Å². The highest BCUT2D eigenvalue weighted by Gasteiger charge is 2.16. The summed E-state index contributed by atoms with van der Waals surface area (Å²) in [5, 5.41) is 3.90. The van der Waals surface area contributed by atoms with E-state index in [1.54, 1.807) is 19.2 Å². The second-order valence-corrected chi connectivity index (χ2v) is 9.50. The first-order chi connectivity index (χ1) is 13.1. The van der Waals surface area contributed by atoms with Crippen LogP contribution in [-0.2, 0) is 9.84 Å². The SMILES string of the molecule is CCS(=O)(=O)c1ccc(Nc2ncc3cc(Cl)c(=O)n(C(C)C)c3n2)c(Cl)c1. The molecular formula is C18H18Cl2N4O3S.